The van der Waals surface area contributed by atoms with Gasteiger partial charge in [-0.1, -0.05) is 34.1 Å². The Hall–Kier alpha value is -1.30. The SMILES string of the molecule is O=C(O)/C(=C\c1ccccc1Br)C(F)(F)F. The van der Waals surface area contributed by atoms with E-state index in [9.17, 15) is 18.0 Å². The van der Waals surface area contributed by atoms with Crippen LogP contribution in [0.2, 0.25) is 0 Å². The minimum absolute atomic E-state index is 0.164. The maximum atomic E-state index is 12.3. The maximum absolute atomic E-state index is 12.3. The molecule has 86 valence electrons. The zero-order valence-corrected chi connectivity index (χ0v) is 9.34. The molecule has 0 radical (unpaired) electrons. The number of hydrogen-bond donors (Lipinski definition) is 1. The molecule has 0 heterocycles. The molecule has 0 aliphatic heterocycles. The smallest absolute Gasteiger partial charge is 0.423 e. The average Bonchev–Trinajstić information content (AvgIpc) is 2.14. The third-order valence-corrected chi connectivity index (χ3v) is 2.46. The monoisotopic (exact) mass is 294 g/mol. The Morgan fingerprint density at radius 3 is 2.31 bits per heavy atom. The Labute approximate surface area is 97.5 Å². The van der Waals surface area contributed by atoms with Gasteiger partial charge in [0.15, 0.2) is 0 Å². The summed E-state index contributed by atoms with van der Waals surface area (Å²) in [5.74, 6) is -2.00. The Morgan fingerprint density at radius 2 is 1.88 bits per heavy atom. The van der Waals surface area contributed by atoms with Gasteiger partial charge in [0.25, 0.3) is 0 Å². The Bertz CT molecular complexity index is 438. The molecule has 0 aliphatic carbocycles. The molecule has 1 N–H and O–H groups in total. The van der Waals surface area contributed by atoms with Gasteiger partial charge in [-0.15, -0.1) is 0 Å². The summed E-state index contributed by atoms with van der Waals surface area (Å²) >= 11 is 3.04. The van der Waals surface area contributed by atoms with Gasteiger partial charge in [0, 0.05) is 4.47 Å². The fourth-order valence-electron chi connectivity index (χ4n) is 1.01. The Balaban J connectivity index is 3.24. The summed E-state index contributed by atoms with van der Waals surface area (Å²) in [6.45, 7) is 0. The molecule has 0 saturated heterocycles. The van der Waals surface area contributed by atoms with E-state index in [1.807, 2.05) is 0 Å². The van der Waals surface area contributed by atoms with Crippen molar-refractivity contribution in [3.63, 3.8) is 0 Å². The molecular weight excluding hydrogens is 289 g/mol. The van der Waals surface area contributed by atoms with Gasteiger partial charge >= 0.3 is 12.1 Å². The van der Waals surface area contributed by atoms with Crippen molar-refractivity contribution >= 4 is 28.0 Å². The van der Waals surface area contributed by atoms with Crippen LogP contribution in [0.5, 0.6) is 0 Å². The van der Waals surface area contributed by atoms with Crippen molar-refractivity contribution in [2.45, 2.75) is 6.18 Å². The van der Waals surface area contributed by atoms with E-state index < -0.39 is 17.7 Å². The number of benzene rings is 1. The van der Waals surface area contributed by atoms with Gasteiger partial charge < -0.3 is 5.11 Å². The largest absolute Gasteiger partial charge is 0.478 e. The lowest BCUT2D eigenvalue weighted by atomic mass is 10.1. The first kappa shape index (κ1) is 12.8. The standard InChI is InChI=1S/C10H6BrF3O2/c11-8-4-2-1-3-6(8)5-7(9(15)16)10(12,13)14/h1-5H,(H,15,16)/b7-5+. The molecule has 1 aromatic rings. The van der Waals surface area contributed by atoms with Gasteiger partial charge in [0.05, 0.1) is 0 Å². The fourth-order valence-corrected chi connectivity index (χ4v) is 1.41. The Morgan fingerprint density at radius 1 is 1.31 bits per heavy atom. The molecule has 0 atom stereocenters. The molecule has 0 aliphatic rings. The van der Waals surface area contributed by atoms with Crippen molar-refractivity contribution in [2.75, 3.05) is 0 Å². The third kappa shape index (κ3) is 3.10. The highest BCUT2D eigenvalue weighted by Crippen LogP contribution is 2.29. The van der Waals surface area contributed by atoms with E-state index in [4.69, 9.17) is 5.11 Å². The zero-order valence-electron chi connectivity index (χ0n) is 7.75. The van der Waals surface area contributed by atoms with Crippen molar-refractivity contribution in [3.05, 3.63) is 39.9 Å². The molecule has 0 saturated carbocycles. The molecule has 0 bridgehead atoms. The molecule has 0 spiro atoms. The van der Waals surface area contributed by atoms with Crippen LogP contribution in [0.4, 0.5) is 13.2 Å². The highest BCUT2D eigenvalue weighted by atomic mass is 79.9. The number of alkyl halides is 3. The minimum Gasteiger partial charge on any atom is -0.478 e. The second-order valence-corrected chi connectivity index (χ2v) is 3.74. The quantitative estimate of drug-likeness (QED) is 0.848. The fraction of sp³-hybridized carbons (Fsp3) is 0.100. The summed E-state index contributed by atoms with van der Waals surface area (Å²) in [5, 5.41) is 8.46. The predicted octanol–water partition coefficient (Wildman–Crippen LogP) is 3.48. The van der Waals surface area contributed by atoms with Gasteiger partial charge in [-0.2, -0.15) is 13.2 Å². The first-order chi connectivity index (χ1) is 7.32. The van der Waals surface area contributed by atoms with Crippen LogP contribution in [0, 0.1) is 0 Å². The van der Waals surface area contributed by atoms with Gasteiger partial charge in [-0.05, 0) is 17.7 Å². The van der Waals surface area contributed by atoms with Gasteiger partial charge in [-0.3, -0.25) is 0 Å². The van der Waals surface area contributed by atoms with Crippen LogP contribution in [0.25, 0.3) is 6.08 Å². The molecule has 1 rings (SSSR count). The van der Waals surface area contributed by atoms with E-state index in [0.29, 0.717) is 10.5 Å². The van der Waals surface area contributed by atoms with Crippen molar-refractivity contribution in [1.82, 2.24) is 0 Å². The first-order valence-electron chi connectivity index (χ1n) is 4.09. The van der Waals surface area contributed by atoms with Crippen LogP contribution >= 0.6 is 15.9 Å². The topological polar surface area (TPSA) is 37.3 Å². The van der Waals surface area contributed by atoms with E-state index in [1.54, 1.807) is 6.07 Å². The van der Waals surface area contributed by atoms with Crippen LogP contribution in [0.3, 0.4) is 0 Å². The number of carboxylic acids is 1. The predicted molar refractivity (Wildman–Crippen MR) is 55.8 cm³/mol. The van der Waals surface area contributed by atoms with E-state index in [1.165, 1.54) is 18.2 Å². The van der Waals surface area contributed by atoms with Gasteiger partial charge in [0.1, 0.15) is 5.57 Å². The van der Waals surface area contributed by atoms with Crippen LogP contribution < -0.4 is 0 Å². The van der Waals surface area contributed by atoms with E-state index in [-0.39, 0.29) is 5.56 Å². The second kappa shape index (κ2) is 4.69. The van der Waals surface area contributed by atoms with Gasteiger partial charge in [-0.25, -0.2) is 4.79 Å². The molecular formula is C10H6BrF3O2. The summed E-state index contributed by atoms with van der Waals surface area (Å²) in [6.07, 6.45) is -4.28. The van der Waals surface area contributed by atoms with Crippen molar-refractivity contribution in [2.24, 2.45) is 0 Å². The molecule has 2 nitrogen and oxygen atoms in total. The summed E-state index contributed by atoms with van der Waals surface area (Å²) in [5.41, 5.74) is -1.43. The molecule has 0 aromatic heterocycles. The highest BCUT2D eigenvalue weighted by Gasteiger charge is 2.38. The van der Waals surface area contributed by atoms with Crippen molar-refractivity contribution < 1.29 is 23.1 Å². The number of aliphatic carboxylic acids is 1. The van der Waals surface area contributed by atoms with Gasteiger partial charge in [0.2, 0.25) is 0 Å². The molecule has 16 heavy (non-hydrogen) atoms. The average molecular weight is 295 g/mol. The molecule has 1 aromatic carbocycles. The zero-order chi connectivity index (χ0) is 12.3. The summed E-state index contributed by atoms with van der Waals surface area (Å²) in [7, 11) is 0. The first-order valence-corrected chi connectivity index (χ1v) is 4.88. The molecule has 0 unspecified atom stereocenters. The third-order valence-electron chi connectivity index (χ3n) is 1.74. The van der Waals surface area contributed by atoms with E-state index in [2.05, 4.69) is 15.9 Å². The summed E-state index contributed by atoms with van der Waals surface area (Å²) in [6, 6.07) is 6.06. The lowest BCUT2D eigenvalue weighted by Crippen LogP contribution is -2.19. The molecule has 6 heteroatoms. The second-order valence-electron chi connectivity index (χ2n) is 2.88. The number of halogens is 4. The lowest BCUT2D eigenvalue weighted by Gasteiger charge is -2.07. The molecule has 0 fully saturated rings. The Kier molecular flexibility index (Phi) is 3.74. The number of carboxylic acid groups (broad SMARTS) is 1. The maximum Gasteiger partial charge on any atom is 0.423 e. The van der Waals surface area contributed by atoms with Crippen molar-refractivity contribution in [1.29, 1.82) is 0 Å². The lowest BCUT2D eigenvalue weighted by molar-refractivity contribution is -0.144. The minimum atomic E-state index is -4.87. The van der Waals surface area contributed by atoms with Crippen LogP contribution in [0.15, 0.2) is 34.3 Å². The van der Waals surface area contributed by atoms with Crippen LogP contribution in [0.1, 0.15) is 5.56 Å². The van der Waals surface area contributed by atoms with E-state index in [0.717, 1.165) is 0 Å². The highest BCUT2D eigenvalue weighted by molar-refractivity contribution is 9.10. The normalized spacial score (nSPS) is 12.6. The van der Waals surface area contributed by atoms with Crippen molar-refractivity contribution in [3.8, 4) is 0 Å². The number of rotatable bonds is 2. The molecule has 0 amide bonds. The summed E-state index contributed by atoms with van der Waals surface area (Å²) < 4.78 is 37.4. The van der Waals surface area contributed by atoms with E-state index >= 15 is 0 Å². The summed E-state index contributed by atoms with van der Waals surface area (Å²) in [4.78, 5) is 10.5. The van der Waals surface area contributed by atoms with Crippen LogP contribution in [-0.2, 0) is 4.79 Å². The number of carbonyl (C=O) groups is 1. The van der Waals surface area contributed by atoms with Crippen LogP contribution in [-0.4, -0.2) is 17.3 Å². The number of hydrogen-bond acceptors (Lipinski definition) is 1.